The minimum atomic E-state index is -0.990. The van der Waals surface area contributed by atoms with Crippen molar-refractivity contribution >= 4 is 12.0 Å². The van der Waals surface area contributed by atoms with Crippen LogP contribution in [0.5, 0.6) is 0 Å². The van der Waals surface area contributed by atoms with Crippen molar-refractivity contribution in [1.29, 1.82) is 0 Å². The van der Waals surface area contributed by atoms with E-state index < -0.39 is 18.0 Å². The van der Waals surface area contributed by atoms with Crippen LogP contribution in [0, 0.1) is 11.8 Å². The highest BCUT2D eigenvalue weighted by molar-refractivity contribution is 5.82. The smallest absolute Gasteiger partial charge is 0.326 e. The first-order chi connectivity index (χ1) is 8.27. The van der Waals surface area contributed by atoms with Crippen molar-refractivity contribution in [3.8, 4) is 0 Å². The van der Waals surface area contributed by atoms with Crippen LogP contribution in [0.25, 0.3) is 0 Å². The molecule has 0 saturated heterocycles. The van der Waals surface area contributed by atoms with Crippen molar-refractivity contribution in [3.63, 3.8) is 0 Å². The first-order valence-electron chi connectivity index (χ1n) is 6.57. The van der Waals surface area contributed by atoms with Gasteiger partial charge in [-0.05, 0) is 25.2 Å². The predicted octanol–water partition coefficient (Wildman–Crippen LogP) is 2.22. The third-order valence-corrected chi connectivity index (χ3v) is 2.97. The molecule has 0 spiro atoms. The molecule has 0 aromatic rings. The zero-order valence-corrected chi connectivity index (χ0v) is 12.0. The predicted molar refractivity (Wildman–Crippen MR) is 71.5 cm³/mol. The molecule has 0 radical (unpaired) electrons. The van der Waals surface area contributed by atoms with Gasteiger partial charge >= 0.3 is 12.0 Å². The standard InChI is InChI=1S/C13H26N2O3/c1-6-9(4)11(12(16)17)15-13(18)14-10(5)7-8(2)3/h8-11H,6-7H2,1-5H3,(H,16,17)(H2,14,15,18)/t9?,10?,11-/m0/s1. The van der Waals surface area contributed by atoms with E-state index >= 15 is 0 Å². The summed E-state index contributed by atoms with van der Waals surface area (Å²) in [4.78, 5) is 22.7. The van der Waals surface area contributed by atoms with Crippen LogP contribution >= 0.6 is 0 Å². The van der Waals surface area contributed by atoms with Gasteiger partial charge in [0.15, 0.2) is 0 Å². The summed E-state index contributed by atoms with van der Waals surface area (Å²) >= 11 is 0. The number of carboxylic acids is 1. The molecule has 0 saturated carbocycles. The average molecular weight is 258 g/mol. The van der Waals surface area contributed by atoms with Crippen molar-refractivity contribution in [3.05, 3.63) is 0 Å². The lowest BCUT2D eigenvalue weighted by molar-refractivity contribution is -0.140. The topological polar surface area (TPSA) is 78.4 Å². The van der Waals surface area contributed by atoms with Crippen molar-refractivity contribution in [2.75, 3.05) is 0 Å². The van der Waals surface area contributed by atoms with Gasteiger partial charge in [0.1, 0.15) is 6.04 Å². The van der Waals surface area contributed by atoms with Crippen molar-refractivity contribution in [2.45, 2.75) is 59.5 Å². The van der Waals surface area contributed by atoms with E-state index in [1.165, 1.54) is 0 Å². The SMILES string of the molecule is CCC(C)[C@H](NC(=O)NC(C)CC(C)C)C(=O)O. The number of rotatable bonds is 7. The number of urea groups is 1. The van der Waals surface area contributed by atoms with Gasteiger partial charge in [-0.25, -0.2) is 9.59 Å². The Morgan fingerprint density at radius 3 is 2.06 bits per heavy atom. The monoisotopic (exact) mass is 258 g/mol. The fraction of sp³-hybridized carbons (Fsp3) is 0.846. The molecule has 0 aromatic heterocycles. The lowest BCUT2D eigenvalue weighted by Crippen LogP contribution is -2.51. The van der Waals surface area contributed by atoms with Crippen LogP contribution in [0.2, 0.25) is 0 Å². The fourth-order valence-corrected chi connectivity index (χ4v) is 1.86. The number of amides is 2. The molecular weight excluding hydrogens is 232 g/mol. The maximum absolute atomic E-state index is 11.7. The highest BCUT2D eigenvalue weighted by atomic mass is 16.4. The van der Waals surface area contributed by atoms with Gasteiger partial charge in [-0.2, -0.15) is 0 Å². The van der Waals surface area contributed by atoms with Crippen LogP contribution in [0.3, 0.4) is 0 Å². The molecule has 106 valence electrons. The zero-order chi connectivity index (χ0) is 14.3. The molecule has 0 aliphatic rings. The summed E-state index contributed by atoms with van der Waals surface area (Å²) in [7, 11) is 0. The molecule has 5 nitrogen and oxygen atoms in total. The zero-order valence-electron chi connectivity index (χ0n) is 12.0. The van der Waals surface area contributed by atoms with Gasteiger partial charge in [0, 0.05) is 6.04 Å². The molecule has 18 heavy (non-hydrogen) atoms. The molecule has 0 heterocycles. The summed E-state index contributed by atoms with van der Waals surface area (Å²) in [6.45, 7) is 9.79. The van der Waals surface area contributed by atoms with Gasteiger partial charge in [-0.3, -0.25) is 0 Å². The fourth-order valence-electron chi connectivity index (χ4n) is 1.86. The third kappa shape index (κ3) is 6.47. The van der Waals surface area contributed by atoms with Gasteiger partial charge in [-0.1, -0.05) is 34.1 Å². The summed E-state index contributed by atoms with van der Waals surface area (Å²) in [5.74, 6) is -0.588. The summed E-state index contributed by atoms with van der Waals surface area (Å²) < 4.78 is 0. The first kappa shape index (κ1) is 16.7. The van der Waals surface area contributed by atoms with Crippen LogP contribution in [0.4, 0.5) is 4.79 Å². The van der Waals surface area contributed by atoms with Crippen molar-refractivity contribution < 1.29 is 14.7 Å². The molecule has 0 aliphatic heterocycles. The second-order valence-electron chi connectivity index (χ2n) is 5.35. The molecule has 0 aromatic carbocycles. The number of carbonyl (C=O) groups excluding carboxylic acids is 1. The van der Waals surface area contributed by atoms with Gasteiger partial charge < -0.3 is 15.7 Å². The minimum absolute atomic E-state index is 0.0383. The average Bonchev–Trinajstić information content (AvgIpc) is 2.23. The van der Waals surface area contributed by atoms with Crippen LogP contribution < -0.4 is 10.6 Å². The Kier molecular flexibility index (Phi) is 7.39. The van der Waals surface area contributed by atoms with E-state index in [1.807, 2.05) is 20.8 Å². The van der Waals surface area contributed by atoms with E-state index in [9.17, 15) is 9.59 Å². The first-order valence-corrected chi connectivity index (χ1v) is 6.57. The number of hydrogen-bond donors (Lipinski definition) is 3. The Labute approximate surface area is 109 Å². The third-order valence-electron chi connectivity index (χ3n) is 2.97. The largest absolute Gasteiger partial charge is 0.480 e. The quantitative estimate of drug-likeness (QED) is 0.655. The maximum Gasteiger partial charge on any atom is 0.326 e. The molecule has 0 rings (SSSR count). The second kappa shape index (κ2) is 7.95. The van der Waals surface area contributed by atoms with E-state index in [-0.39, 0.29) is 12.0 Å². The number of carboxylic acid groups (broad SMARTS) is 1. The molecule has 5 heteroatoms. The summed E-state index contributed by atoms with van der Waals surface area (Å²) in [6.07, 6.45) is 1.58. The number of nitrogens with one attached hydrogen (secondary N) is 2. The molecule has 3 atom stereocenters. The highest BCUT2D eigenvalue weighted by Crippen LogP contribution is 2.08. The Morgan fingerprint density at radius 2 is 1.67 bits per heavy atom. The Bertz CT molecular complexity index is 279. The van der Waals surface area contributed by atoms with E-state index in [4.69, 9.17) is 5.11 Å². The van der Waals surface area contributed by atoms with Crippen molar-refractivity contribution in [1.82, 2.24) is 10.6 Å². The summed E-state index contributed by atoms with van der Waals surface area (Å²) in [5, 5.41) is 14.3. The van der Waals surface area contributed by atoms with Crippen LogP contribution in [-0.2, 0) is 4.79 Å². The molecule has 0 fully saturated rings. The molecular formula is C13H26N2O3. The maximum atomic E-state index is 11.7. The van der Waals surface area contributed by atoms with Gasteiger partial charge in [0.25, 0.3) is 0 Å². The van der Waals surface area contributed by atoms with E-state index in [2.05, 4.69) is 24.5 Å². The summed E-state index contributed by atoms with van der Waals surface area (Å²) in [5.41, 5.74) is 0. The number of carbonyl (C=O) groups is 2. The summed E-state index contributed by atoms with van der Waals surface area (Å²) in [6, 6.07) is -1.20. The van der Waals surface area contributed by atoms with Gasteiger partial charge in [0.2, 0.25) is 0 Å². The van der Waals surface area contributed by atoms with Crippen LogP contribution in [-0.4, -0.2) is 29.2 Å². The van der Waals surface area contributed by atoms with Crippen LogP contribution in [0.15, 0.2) is 0 Å². The lowest BCUT2D eigenvalue weighted by atomic mass is 9.99. The van der Waals surface area contributed by atoms with Gasteiger partial charge in [0.05, 0.1) is 0 Å². The van der Waals surface area contributed by atoms with E-state index in [0.29, 0.717) is 12.3 Å². The lowest BCUT2D eigenvalue weighted by Gasteiger charge is -2.22. The normalized spacial score (nSPS) is 15.9. The second-order valence-corrected chi connectivity index (χ2v) is 5.35. The molecule has 2 unspecified atom stereocenters. The van der Waals surface area contributed by atoms with E-state index in [1.54, 1.807) is 0 Å². The molecule has 0 aliphatic carbocycles. The molecule has 0 bridgehead atoms. The number of aliphatic carboxylic acids is 1. The number of hydrogen-bond acceptors (Lipinski definition) is 2. The van der Waals surface area contributed by atoms with Crippen LogP contribution in [0.1, 0.15) is 47.5 Å². The van der Waals surface area contributed by atoms with E-state index in [0.717, 1.165) is 6.42 Å². The Morgan fingerprint density at radius 1 is 1.11 bits per heavy atom. The Balaban J connectivity index is 4.30. The highest BCUT2D eigenvalue weighted by Gasteiger charge is 2.25. The van der Waals surface area contributed by atoms with Gasteiger partial charge in [-0.15, -0.1) is 0 Å². The minimum Gasteiger partial charge on any atom is -0.480 e. The van der Waals surface area contributed by atoms with Crippen molar-refractivity contribution in [2.24, 2.45) is 11.8 Å². The molecule has 2 amide bonds. The Hall–Kier alpha value is -1.26. The molecule has 3 N–H and O–H groups in total.